The van der Waals surface area contributed by atoms with E-state index >= 15 is 0 Å². The van der Waals surface area contributed by atoms with Crippen molar-refractivity contribution >= 4 is 57.1 Å². The fourth-order valence-electron chi connectivity index (χ4n) is 1.91. The molecule has 0 aliphatic heterocycles. The first kappa shape index (κ1) is 18.4. The van der Waals surface area contributed by atoms with Gasteiger partial charge in [-0.2, -0.15) is 0 Å². The van der Waals surface area contributed by atoms with Gasteiger partial charge in [0.15, 0.2) is 5.56 Å². The summed E-state index contributed by atoms with van der Waals surface area (Å²) in [7, 11) is 0. The van der Waals surface area contributed by atoms with Crippen LogP contribution in [0.1, 0.15) is 10.4 Å². The highest BCUT2D eigenvalue weighted by Gasteiger charge is 2.34. The zero-order valence-corrected chi connectivity index (χ0v) is 13.3. The van der Waals surface area contributed by atoms with Crippen LogP contribution in [0.4, 0.5) is 17.1 Å². The van der Waals surface area contributed by atoms with E-state index in [4.69, 9.17) is 34.8 Å². The van der Waals surface area contributed by atoms with Crippen molar-refractivity contribution in [1.29, 1.82) is 0 Å². The number of rotatable bonds is 8. The van der Waals surface area contributed by atoms with Crippen LogP contribution in [0.2, 0.25) is 0 Å². The number of nitro benzene ring substituents is 2. The van der Waals surface area contributed by atoms with E-state index in [0.29, 0.717) is 0 Å². The van der Waals surface area contributed by atoms with Gasteiger partial charge in [0.1, 0.15) is 5.69 Å². The van der Waals surface area contributed by atoms with Crippen LogP contribution in [-0.4, -0.2) is 39.9 Å². The quantitative estimate of drug-likeness (QED) is 0.301. The van der Waals surface area contributed by atoms with Crippen LogP contribution in [0, 0.1) is 20.2 Å². The van der Waals surface area contributed by atoms with Gasteiger partial charge in [-0.25, -0.2) is 0 Å². The highest BCUT2D eigenvalue weighted by Crippen LogP contribution is 2.38. The van der Waals surface area contributed by atoms with Gasteiger partial charge in [0.25, 0.3) is 10.9 Å². The Morgan fingerprint density at radius 3 is 2.00 bits per heavy atom. The van der Waals surface area contributed by atoms with E-state index in [-0.39, 0.29) is 30.5 Å². The summed E-state index contributed by atoms with van der Waals surface area (Å²) in [4.78, 5) is 33.4. The Balaban J connectivity index is 3.65. The van der Waals surface area contributed by atoms with Gasteiger partial charge in [0.2, 0.25) is 0 Å². The monoisotopic (exact) mass is 369 g/mol. The number of nitro groups is 2. The second-order valence-corrected chi connectivity index (χ2v) is 5.08. The van der Waals surface area contributed by atoms with Crippen molar-refractivity contribution in [3.8, 4) is 0 Å². The molecule has 0 aliphatic rings. The second-order valence-electron chi connectivity index (χ2n) is 3.98. The van der Waals surface area contributed by atoms with Crippen LogP contribution in [0.25, 0.3) is 0 Å². The minimum absolute atomic E-state index is 0.000833. The molecule has 0 unspecified atom stereocenters. The Morgan fingerprint density at radius 2 is 1.64 bits per heavy atom. The number of hydrogen-bond acceptors (Lipinski definition) is 6. The average Bonchev–Trinajstić information content (AvgIpc) is 2.45. The van der Waals surface area contributed by atoms with Crippen LogP contribution in [0.3, 0.4) is 0 Å². The molecule has 0 N–H and O–H groups in total. The Hall–Kier alpha value is -1.64. The van der Waals surface area contributed by atoms with Gasteiger partial charge in [0.05, 0.1) is 9.85 Å². The standard InChI is InChI=1S/C11H10Cl3N3O5/c12-3-5-15(6-4-13)8-2-1-7(16(19)20)9(11(14)18)10(8)17(21)22/h1-2H,3-6H2. The molecule has 0 aromatic heterocycles. The lowest BCUT2D eigenvalue weighted by Gasteiger charge is -2.22. The summed E-state index contributed by atoms with van der Waals surface area (Å²) in [5.74, 6) is 0.296. The highest BCUT2D eigenvalue weighted by molar-refractivity contribution is 6.68. The number of halogens is 3. The molecule has 1 aromatic rings. The van der Waals surface area contributed by atoms with Crippen molar-refractivity contribution in [1.82, 2.24) is 0 Å². The van der Waals surface area contributed by atoms with E-state index in [1.165, 1.54) is 11.0 Å². The number of anilines is 1. The smallest absolute Gasteiger partial charge is 0.311 e. The Kier molecular flexibility index (Phi) is 6.79. The van der Waals surface area contributed by atoms with Crippen molar-refractivity contribution < 1.29 is 14.6 Å². The predicted molar refractivity (Wildman–Crippen MR) is 83.6 cm³/mol. The van der Waals surface area contributed by atoms with E-state index in [1.54, 1.807) is 0 Å². The predicted octanol–water partition coefficient (Wildman–Crippen LogP) is 3.17. The molecule has 0 saturated carbocycles. The van der Waals surface area contributed by atoms with Crippen LogP contribution in [0.15, 0.2) is 12.1 Å². The molecule has 0 radical (unpaired) electrons. The molecule has 0 bridgehead atoms. The SMILES string of the molecule is O=C(Cl)c1c([N+](=O)[O-])ccc(N(CCCl)CCCl)c1[N+](=O)[O-]. The van der Waals surface area contributed by atoms with Crippen LogP contribution < -0.4 is 4.90 Å². The minimum atomic E-state index is -1.28. The number of benzene rings is 1. The van der Waals surface area contributed by atoms with Crippen molar-refractivity contribution in [2.75, 3.05) is 29.7 Å². The van der Waals surface area contributed by atoms with Crippen LogP contribution in [-0.2, 0) is 0 Å². The molecule has 120 valence electrons. The zero-order valence-electron chi connectivity index (χ0n) is 11.0. The van der Waals surface area contributed by atoms with Gasteiger partial charge in [-0.3, -0.25) is 25.0 Å². The van der Waals surface area contributed by atoms with Crippen molar-refractivity contribution in [3.63, 3.8) is 0 Å². The third kappa shape index (κ3) is 3.96. The Morgan fingerprint density at radius 1 is 1.09 bits per heavy atom. The third-order valence-corrected chi connectivity index (χ3v) is 3.29. The van der Waals surface area contributed by atoms with E-state index in [2.05, 4.69) is 0 Å². The van der Waals surface area contributed by atoms with Gasteiger partial charge < -0.3 is 4.90 Å². The summed E-state index contributed by atoms with van der Waals surface area (Å²) in [5.41, 5.74) is -2.22. The number of carbonyl (C=O) groups excluding carboxylic acids is 1. The zero-order chi connectivity index (χ0) is 16.9. The Bertz CT molecular complexity index is 605. The summed E-state index contributed by atoms with van der Waals surface area (Å²) < 4.78 is 0. The van der Waals surface area contributed by atoms with Crippen molar-refractivity contribution in [2.45, 2.75) is 0 Å². The second kappa shape index (κ2) is 8.11. The summed E-state index contributed by atoms with van der Waals surface area (Å²) in [6.45, 7) is 0.422. The molecule has 11 heteroatoms. The molecule has 0 aliphatic carbocycles. The summed E-state index contributed by atoms with van der Waals surface area (Å²) in [5, 5.41) is 21.0. The van der Waals surface area contributed by atoms with E-state index in [0.717, 1.165) is 6.07 Å². The molecule has 0 heterocycles. The Labute approximate surface area is 139 Å². The third-order valence-electron chi connectivity index (χ3n) is 2.76. The fraction of sp³-hybridized carbons (Fsp3) is 0.364. The maximum atomic E-state index is 11.5. The topological polar surface area (TPSA) is 107 Å². The molecule has 0 atom stereocenters. The summed E-state index contributed by atoms with van der Waals surface area (Å²) in [6.07, 6.45) is 0. The first-order chi connectivity index (χ1) is 10.3. The lowest BCUT2D eigenvalue weighted by Crippen LogP contribution is -2.28. The van der Waals surface area contributed by atoms with E-state index in [9.17, 15) is 25.0 Å². The number of alkyl halides is 2. The van der Waals surface area contributed by atoms with Gasteiger partial charge in [-0.1, -0.05) is 0 Å². The maximum Gasteiger partial charge on any atom is 0.311 e. The normalized spacial score (nSPS) is 10.3. The van der Waals surface area contributed by atoms with Crippen LogP contribution >= 0.6 is 34.8 Å². The van der Waals surface area contributed by atoms with Crippen LogP contribution in [0.5, 0.6) is 0 Å². The minimum Gasteiger partial charge on any atom is -0.364 e. The first-order valence-corrected chi connectivity index (χ1v) is 7.32. The summed E-state index contributed by atoms with van der Waals surface area (Å²) in [6, 6.07) is 2.17. The summed E-state index contributed by atoms with van der Waals surface area (Å²) >= 11 is 16.6. The number of hydrogen-bond donors (Lipinski definition) is 0. The molecule has 0 spiro atoms. The molecule has 0 fully saturated rings. The number of carbonyl (C=O) groups is 1. The van der Waals surface area contributed by atoms with Gasteiger partial charge in [-0.15, -0.1) is 23.2 Å². The number of nitrogens with zero attached hydrogens (tertiary/aromatic N) is 3. The molecular weight excluding hydrogens is 360 g/mol. The van der Waals surface area contributed by atoms with Crippen molar-refractivity contribution in [2.24, 2.45) is 0 Å². The molecular formula is C11H10Cl3N3O5. The lowest BCUT2D eigenvalue weighted by atomic mass is 10.1. The largest absolute Gasteiger partial charge is 0.364 e. The van der Waals surface area contributed by atoms with E-state index in [1.807, 2.05) is 0 Å². The van der Waals surface area contributed by atoms with Gasteiger partial charge in [0, 0.05) is 30.9 Å². The molecule has 0 amide bonds. The molecule has 8 nitrogen and oxygen atoms in total. The molecule has 1 aromatic carbocycles. The van der Waals surface area contributed by atoms with Crippen molar-refractivity contribution in [3.05, 3.63) is 37.9 Å². The molecule has 1 rings (SSSR count). The molecule has 22 heavy (non-hydrogen) atoms. The maximum absolute atomic E-state index is 11.5. The van der Waals surface area contributed by atoms with Gasteiger partial charge >= 0.3 is 5.69 Å². The highest BCUT2D eigenvalue weighted by atomic mass is 35.5. The average molecular weight is 371 g/mol. The lowest BCUT2D eigenvalue weighted by molar-refractivity contribution is -0.394. The van der Waals surface area contributed by atoms with Gasteiger partial charge in [-0.05, 0) is 17.7 Å². The fourth-order valence-corrected chi connectivity index (χ4v) is 2.51. The van der Waals surface area contributed by atoms with E-state index < -0.39 is 32.0 Å². The molecule has 0 saturated heterocycles. The first-order valence-electron chi connectivity index (χ1n) is 5.87.